The van der Waals surface area contributed by atoms with Gasteiger partial charge in [-0.1, -0.05) is 12.1 Å². The number of rotatable bonds is 5. The number of H-pyrrole nitrogens is 1. The van der Waals surface area contributed by atoms with Crippen LogP contribution in [-0.2, 0) is 6.54 Å². The maximum atomic E-state index is 12.2. The number of carbonyl (C=O) groups excluding carboxylic acids is 1. The van der Waals surface area contributed by atoms with Crippen molar-refractivity contribution in [1.82, 2.24) is 20.2 Å². The van der Waals surface area contributed by atoms with Crippen molar-refractivity contribution in [3.05, 3.63) is 29.6 Å². The van der Waals surface area contributed by atoms with Gasteiger partial charge in [-0.3, -0.25) is 0 Å². The number of aryl methyl sites for hydroxylation is 1. The number of aromatic amines is 1. The van der Waals surface area contributed by atoms with Gasteiger partial charge >= 0.3 is 6.03 Å². The molecule has 1 aromatic carbocycles. The molecule has 2 aromatic rings. The number of aliphatic hydroxyl groups is 1. The molecule has 22 heavy (non-hydrogen) atoms. The Labute approximate surface area is 130 Å². The molecule has 0 radical (unpaired) electrons. The summed E-state index contributed by atoms with van der Waals surface area (Å²) in [4.78, 5) is 21.6. The number of carbonyl (C=O) groups is 1. The van der Waals surface area contributed by atoms with E-state index in [0.29, 0.717) is 13.1 Å². The number of aliphatic hydroxyl groups excluding tert-OH is 1. The average Bonchev–Trinajstić information content (AvgIpc) is 2.86. The second-order valence-corrected chi connectivity index (χ2v) is 5.91. The lowest BCUT2D eigenvalue weighted by atomic mass is 10.2. The highest BCUT2D eigenvalue weighted by molar-refractivity contribution is 5.79. The lowest BCUT2D eigenvalue weighted by Gasteiger charge is -2.27. The maximum Gasteiger partial charge on any atom is 0.318 e. The van der Waals surface area contributed by atoms with E-state index in [1.807, 2.05) is 39.0 Å². The van der Waals surface area contributed by atoms with Crippen molar-refractivity contribution in [2.24, 2.45) is 0 Å². The minimum Gasteiger partial charge on any atom is -0.392 e. The van der Waals surface area contributed by atoms with E-state index in [2.05, 4.69) is 15.3 Å². The first-order chi connectivity index (χ1) is 10.4. The topological polar surface area (TPSA) is 81.2 Å². The zero-order valence-corrected chi connectivity index (χ0v) is 13.6. The molecule has 0 aliphatic rings. The molecule has 0 fully saturated rings. The Bertz CT molecular complexity index is 649. The highest BCUT2D eigenvalue weighted by Crippen LogP contribution is 2.15. The molecule has 0 saturated heterocycles. The molecule has 0 aliphatic carbocycles. The molecule has 0 saturated carbocycles. The number of hydrogen-bond donors (Lipinski definition) is 3. The van der Waals surface area contributed by atoms with Crippen LogP contribution in [0.1, 0.15) is 32.2 Å². The predicted octanol–water partition coefficient (Wildman–Crippen LogP) is 2.17. The summed E-state index contributed by atoms with van der Waals surface area (Å²) in [5.74, 6) is 0.721. The van der Waals surface area contributed by atoms with E-state index in [1.165, 1.54) is 0 Å². The van der Waals surface area contributed by atoms with Crippen LogP contribution in [0.15, 0.2) is 18.2 Å². The van der Waals surface area contributed by atoms with Gasteiger partial charge in [0.15, 0.2) is 0 Å². The Balaban J connectivity index is 2.03. The van der Waals surface area contributed by atoms with E-state index in [1.54, 1.807) is 11.8 Å². The van der Waals surface area contributed by atoms with Gasteiger partial charge in [0.05, 0.1) is 23.7 Å². The van der Waals surface area contributed by atoms with Gasteiger partial charge in [0.2, 0.25) is 0 Å². The largest absolute Gasteiger partial charge is 0.392 e. The SMILES string of the molecule is Cc1cccc2[nH]c(CNC(=O)N(CC(C)O)C(C)C)nc12. The number of amides is 2. The highest BCUT2D eigenvalue weighted by Gasteiger charge is 2.18. The summed E-state index contributed by atoms with van der Waals surface area (Å²) < 4.78 is 0. The van der Waals surface area contributed by atoms with Crippen molar-refractivity contribution < 1.29 is 9.90 Å². The average molecular weight is 304 g/mol. The Kier molecular flexibility index (Phi) is 5.03. The van der Waals surface area contributed by atoms with Gasteiger partial charge in [0.25, 0.3) is 0 Å². The molecule has 3 N–H and O–H groups in total. The zero-order valence-electron chi connectivity index (χ0n) is 13.6. The molecule has 2 amide bonds. The molecule has 1 unspecified atom stereocenters. The van der Waals surface area contributed by atoms with Crippen LogP contribution < -0.4 is 5.32 Å². The number of fused-ring (bicyclic) bond motifs is 1. The first kappa shape index (κ1) is 16.3. The summed E-state index contributed by atoms with van der Waals surface area (Å²) in [5.41, 5.74) is 3.00. The van der Waals surface area contributed by atoms with Gasteiger partial charge in [-0.2, -0.15) is 0 Å². The minimum absolute atomic E-state index is 0.0208. The van der Waals surface area contributed by atoms with Crippen LogP contribution >= 0.6 is 0 Å². The number of hydrogen-bond acceptors (Lipinski definition) is 3. The number of nitrogens with zero attached hydrogens (tertiary/aromatic N) is 2. The summed E-state index contributed by atoms with van der Waals surface area (Å²) in [6.45, 7) is 8.16. The molecule has 1 aromatic heterocycles. The second-order valence-electron chi connectivity index (χ2n) is 5.91. The molecule has 2 rings (SSSR count). The third-order valence-electron chi connectivity index (χ3n) is 3.52. The molecule has 0 spiro atoms. The van der Waals surface area contributed by atoms with E-state index < -0.39 is 6.10 Å². The van der Waals surface area contributed by atoms with Crippen LogP contribution in [0.25, 0.3) is 11.0 Å². The van der Waals surface area contributed by atoms with Crippen LogP contribution in [0.5, 0.6) is 0 Å². The smallest absolute Gasteiger partial charge is 0.318 e. The van der Waals surface area contributed by atoms with Crippen LogP contribution in [-0.4, -0.2) is 44.7 Å². The number of urea groups is 1. The van der Waals surface area contributed by atoms with Gasteiger partial charge in [-0.25, -0.2) is 9.78 Å². The monoisotopic (exact) mass is 304 g/mol. The lowest BCUT2D eigenvalue weighted by molar-refractivity contribution is 0.118. The highest BCUT2D eigenvalue weighted by atomic mass is 16.3. The number of para-hydroxylation sites is 1. The van der Waals surface area contributed by atoms with Crippen LogP contribution in [0.2, 0.25) is 0 Å². The summed E-state index contributed by atoms with van der Waals surface area (Å²) in [6, 6.07) is 5.77. The first-order valence-corrected chi connectivity index (χ1v) is 7.55. The van der Waals surface area contributed by atoms with E-state index in [9.17, 15) is 9.90 Å². The molecule has 0 bridgehead atoms. The summed E-state index contributed by atoms with van der Waals surface area (Å²) in [7, 11) is 0. The lowest BCUT2D eigenvalue weighted by Crippen LogP contribution is -2.46. The van der Waals surface area contributed by atoms with Crippen molar-refractivity contribution in [3.8, 4) is 0 Å². The van der Waals surface area contributed by atoms with Gasteiger partial charge in [-0.05, 0) is 39.3 Å². The van der Waals surface area contributed by atoms with Gasteiger partial charge < -0.3 is 20.3 Å². The Morgan fingerprint density at radius 2 is 2.14 bits per heavy atom. The number of imidazole rings is 1. The quantitative estimate of drug-likeness (QED) is 0.792. The molecule has 120 valence electrons. The van der Waals surface area contributed by atoms with Crippen molar-refractivity contribution >= 4 is 17.1 Å². The molecule has 0 aliphatic heterocycles. The fourth-order valence-corrected chi connectivity index (χ4v) is 2.38. The number of nitrogens with one attached hydrogen (secondary N) is 2. The summed E-state index contributed by atoms with van der Waals surface area (Å²) in [6.07, 6.45) is -0.554. The third kappa shape index (κ3) is 3.76. The molecule has 1 atom stereocenters. The fraction of sp³-hybridized carbons (Fsp3) is 0.500. The van der Waals surface area contributed by atoms with Crippen LogP contribution in [0.4, 0.5) is 4.79 Å². The van der Waals surface area contributed by atoms with Crippen molar-refractivity contribution in [2.45, 2.75) is 46.4 Å². The fourth-order valence-electron chi connectivity index (χ4n) is 2.38. The van der Waals surface area contributed by atoms with Crippen molar-refractivity contribution in [2.75, 3.05) is 6.54 Å². The summed E-state index contributed by atoms with van der Waals surface area (Å²) in [5, 5.41) is 12.3. The van der Waals surface area contributed by atoms with Gasteiger partial charge in [0.1, 0.15) is 5.82 Å². The Morgan fingerprint density at radius 3 is 2.73 bits per heavy atom. The Hall–Kier alpha value is -2.08. The normalized spacial score (nSPS) is 12.6. The van der Waals surface area contributed by atoms with Crippen molar-refractivity contribution in [1.29, 1.82) is 0 Å². The van der Waals surface area contributed by atoms with E-state index in [0.717, 1.165) is 22.4 Å². The second kappa shape index (κ2) is 6.79. The molecule has 1 heterocycles. The number of benzene rings is 1. The van der Waals surface area contributed by atoms with E-state index in [-0.39, 0.29) is 12.1 Å². The maximum absolute atomic E-state index is 12.2. The molecule has 6 heteroatoms. The first-order valence-electron chi connectivity index (χ1n) is 7.55. The van der Waals surface area contributed by atoms with Crippen LogP contribution in [0, 0.1) is 6.92 Å². The predicted molar refractivity (Wildman–Crippen MR) is 86.6 cm³/mol. The van der Waals surface area contributed by atoms with Crippen LogP contribution in [0.3, 0.4) is 0 Å². The minimum atomic E-state index is -0.554. The molecule has 6 nitrogen and oxygen atoms in total. The van der Waals surface area contributed by atoms with E-state index in [4.69, 9.17) is 0 Å². The molecular weight excluding hydrogens is 280 g/mol. The standard InChI is InChI=1S/C16H24N4O2/c1-10(2)20(9-12(4)21)16(22)17-8-14-18-13-7-5-6-11(3)15(13)19-14/h5-7,10,12,21H,8-9H2,1-4H3,(H,17,22)(H,18,19). The zero-order chi connectivity index (χ0) is 16.3. The van der Waals surface area contributed by atoms with Gasteiger partial charge in [-0.15, -0.1) is 0 Å². The third-order valence-corrected chi connectivity index (χ3v) is 3.52. The van der Waals surface area contributed by atoms with E-state index >= 15 is 0 Å². The van der Waals surface area contributed by atoms with Crippen molar-refractivity contribution in [3.63, 3.8) is 0 Å². The molecular formula is C16H24N4O2. The summed E-state index contributed by atoms with van der Waals surface area (Å²) >= 11 is 0. The Morgan fingerprint density at radius 1 is 1.41 bits per heavy atom. The van der Waals surface area contributed by atoms with Gasteiger partial charge in [0, 0.05) is 12.6 Å². The number of aromatic nitrogens is 2.